The molecule has 2 aromatic rings. The Balaban J connectivity index is 0.00000144. The first-order chi connectivity index (χ1) is 7.90. The number of anilines is 2. The Hall–Kier alpha value is -2.07. The summed E-state index contributed by atoms with van der Waals surface area (Å²) in [6, 6.07) is 16.7. The van der Waals surface area contributed by atoms with Crippen molar-refractivity contribution in [2.45, 2.75) is 0 Å². The van der Waals surface area contributed by atoms with E-state index in [0.717, 1.165) is 5.69 Å². The highest BCUT2D eigenvalue weighted by Crippen LogP contribution is 2.23. The van der Waals surface area contributed by atoms with Gasteiger partial charge in [0.2, 0.25) is 0 Å². The van der Waals surface area contributed by atoms with Gasteiger partial charge in [-0.3, -0.25) is 5.43 Å². The molecule has 0 spiro atoms. The summed E-state index contributed by atoms with van der Waals surface area (Å²) in [4.78, 5) is 10.5. The van der Waals surface area contributed by atoms with E-state index in [1.165, 1.54) is 0 Å². The van der Waals surface area contributed by atoms with E-state index < -0.39 is 0 Å². The van der Waals surface area contributed by atoms with Gasteiger partial charge in [0, 0.05) is 0 Å². The van der Waals surface area contributed by atoms with E-state index in [1.807, 2.05) is 36.4 Å². The number of benzene rings is 2. The first-order valence-electron chi connectivity index (χ1n) is 4.89. The quantitative estimate of drug-likeness (QED) is 0.637. The van der Waals surface area contributed by atoms with Gasteiger partial charge in [0.25, 0.3) is 0 Å². The zero-order valence-electron chi connectivity index (χ0n) is 8.96. The lowest BCUT2D eigenvalue weighted by Crippen LogP contribution is -2.08. The molecule has 0 heterocycles. The van der Waals surface area contributed by atoms with E-state index in [1.54, 1.807) is 18.2 Å². The summed E-state index contributed by atoms with van der Waals surface area (Å²) < 4.78 is 0. The van der Waals surface area contributed by atoms with Crippen LogP contribution >= 0.6 is 12.4 Å². The Kier molecular flexibility index (Phi) is 4.97. The van der Waals surface area contributed by atoms with Crippen molar-refractivity contribution >= 4 is 29.5 Å². The maximum Gasteiger partial charge on any atom is 0.132 e. The van der Waals surface area contributed by atoms with Gasteiger partial charge >= 0.3 is 0 Å². The summed E-state index contributed by atoms with van der Waals surface area (Å²) in [6.45, 7) is 0. The third-order valence-corrected chi connectivity index (χ3v) is 2.12. The van der Waals surface area contributed by atoms with Crippen LogP contribution in [0.3, 0.4) is 0 Å². The van der Waals surface area contributed by atoms with Crippen molar-refractivity contribution in [1.29, 1.82) is 0 Å². The van der Waals surface area contributed by atoms with Crippen LogP contribution in [-0.2, 0) is 0 Å². The summed E-state index contributed by atoms with van der Waals surface area (Å²) in [5, 5.41) is 2.93. The molecule has 0 aliphatic heterocycles. The normalized spacial score (nSPS) is 8.94. The van der Waals surface area contributed by atoms with Crippen LogP contribution in [0, 0.1) is 4.91 Å². The van der Waals surface area contributed by atoms with Crippen molar-refractivity contribution in [2.75, 3.05) is 10.9 Å². The lowest BCUT2D eigenvalue weighted by atomic mass is 10.3. The molecule has 2 rings (SSSR count). The molecule has 0 radical (unpaired) electrons. The summed E-state index contributed by atoms with van der Waals surface area (Å²) in [5.74, 6) is 0. The van der Waals surface area contributed by atoms with Gasteiger partial charge in [-0.1, -0.05) is 30.3 Å². The molecule has 2 N–H and O–H groups in total. The number of para-hydroxylation sites is 2. The molecule has 4 nitrogen and oxygen atoms in total. The molecule has 5 heteroatoms. The molecule has 0 atom stereocenters. The fourth-order valence-electron chi connectivity index (χ4n) is 1.32. The number of nitrogens with one attached hydrogen (secondary N) is 2. The minimum absolute atomic E-state index is 0. The number of hydrogen-bond acceptors (Lipinski definition) is 4. The van der Waals surface area contributed by atoms with E-state index >= 15 is 0 Å². The molecule has 0 amide bonds. The van der Waals surface area contributed by atoms with Gasteiger partial charge in [-0.2, -0.15) is 0 Å². The van der Waals surface area contributed by atoms with Crippen molar-refractivity contribution < 1.29 is 0 Å². The molecule has 0 aromatic heterocycles. The Morgan fingerprint density at radius 2 is 1.47 bits per heavy atom. The second kappa shape index (κ2) is 6.50. The van der Waals surface area contributed by atoms with Crippen LogP contribution in [0.2, 0.25) is 0 Å². The molecular formula is C12H12ClN3O. The van der Waals surface area contributed by atoms with Crippen molar-refractivity contribution in [1.82, 2.24) is 0 Å². The minimum atomic E-state index is 0. The van der Waals surface area contributed by atoms with E-state index in [4.69, 9.17) is 0 Å². The summed E-state index contributed by atoms with van der Waals surface area (Å²) in [7, 11) is 0. The Bertz CT molecular complexity index is 476. The van der Waals surface area contributed by atoms with Gasteiger partial charge in [0.15, 0.2) is 0 Å². The van der Waals surface area contributed by atoms with Crippen molar-refractivity contribution in [3.63, 3.8) is 0 Å². The van der Waals surface area contributed by atoms with Crippen LogP contribution in [0.25, 0.3) is 0 Å². The number of hydrogen-bond donors (Lipinski definition) is 2. The number of nitrogens with zero attached hydrogens (tertiary/aromatic N) is 1. The predicted molar refractivity (Wildman–Crippen MR) is 72.8 cm³/mol. The minimum Gasteiger partial charge on any atom is -0.301 e. The standard InChI is InChI=1S/C12H11N3O.ClH/c16-15-12-9-5-4-8-11(12)14-13-10-6-2-1-3-7-10;/h1-9,13-14H;1H. The van der Waals surface area contributed by atoms with Crippen LogP contribution in [0.1, 0.15) is 0 Å². The third kappa shape index (κ3) is 3.46. The highest BCUT2D eigenvalue weighted by Gasteiger charge is 1.99. The van der Waals surface area contributed by atoms with E-state index in [9.17, 15) is 4.91 Å². The van der Waals surface area contributed by atoms with Gasteiger partial charge in [0.05, 0.1) is 11.4 Å². The zero-order valence-corrected chi connectivity index (χ0v) is 9.78. The Morgan fingerprint density at radius 1 is 0.824 bits per heavy atom. The average molecular weight is 250 g/mol. The smallest absolute Gasteiger partial charge is 0.132 e. The summed E-state index contributed by atoms with van der Waals surface area (Å²) in [6.07, 6.45) is 0. The summed E-state index contributed by atoms with van der Waals surface area (Å²) >= 11 is 0. The largest absolute Gasteiger partial charge is 0.301 e. The fraction of sp³-hybridized carbons (Fsp3) is 0. The van der Waals surface area contributed by atoms with Gasteiger partial charge < -0.3 is 5.43 Å². The first kappa shape index (κ1) is 13.0. The Labute approximate surface area is 105 Å². The molecule has 88 valence electrons. The number of halogens is 1. The number of nitroso groups, excluding NO2 is 1. The van der Waals surface area contributed by atoms with Crippen LogP contribution in [0.15, 0.2) is 59.8 Å². The topological polar surface area (TPSA) is 53.5 Å². The molecule has 0 saturated carbocycles. The predicted octanol–water partition coefficient (Wildman–Crippen LogP) is 3.95. The lowest BCUT2D eigenvalue weighted by Gasteiger charge is -2.10. The number of rotatable bonds is 4. The molecule has 0 unspecified atom stereocenters. The first-order valence-corrected chi connectivity index (χ1v) is 4.89. The molecule has 17 heavy (non-hydrogen) atoms. The zero-order chi connectivity index (χ0) is 11.2. The summed E-state index contributed by atoms with van der Waals surface area (Å²) in [5.41, 5.74) is 7.88. The molecule has 0 aliphatic rings. The molecule has 0 saturated heterocycles. The van der Waals surface area contributed by atoms with Gasteiger partial charge in [-0.05, 0) is 29.4 Å². The Morgan fingerprint density at radius 3 is 2.18 bits per heavy atom. The maximum atomic E-state index is 10.5. The highest BCUT2D eigenvalue weighted by atomic mass is 35.5. The van der Waals surface area contributed by atoms with E-state index in [-0.39, 0.29) is 12.4 Å². The SMILES string of the molecule is Cl.O=Nc1ccccc1NNc1ccccc1. The fourth-order valence-corrected chi connectivity index (χ4v) is 1.32. The lowest BCUT2D eigenvalue weighted by molar-refractivity contribution is 1.38. The van der Waals surface area contributed by atoms with Crippen molar-refractivity contribution in [2.24, 2.45) is 5.18 Å². The molecule has 0 fully saturated rings. The van der Waals surface area contributed by atoms with Crippen LogP contribution in [0.4, 0.5) is 17.1 Å². The van der Waals surface area contributed by atoms with E-state index in [2.05, 4.69) is 16.0 Å². The number of hydrazine groups is 1. The molecule has 2 aromatic carbocycles. The highest BCUT2D eigenvalue weighted by molar-refractivity contribution is 5.85. The van der Waals surface area contributed by atoms with Gasteiger partial charge in [0.1, 0.15) is 5.69 Å². The average Bonchev–Trinajstić information content (AvgIpc) is 2.38. The second-order valence-electron chi connectivity index (χ2n) is 3.22. The van der Waals surface area contributed by atoms with Crippen molar-refractivity contribution in [3.8, 4) is 0 Å². The van der Waals surface area contributed by atoms with E-state index in [0.29, 0.717) is 11.4 Å². The van der Waals surface area contributed by atoms with Crippen molar-refractivity contribution in [3.05, 3.63) is 59.5 Å². The van der Waals surface area contributed by atoms with Gasteiger partial charge in [-0.25, -0.2) is 0 Å². The maximum absolute atomic E-state index is 10.5. The van der Waals surface area contributed by atoms with Crippen LogP contribution in [0.5, 0.6) is 0 Å². The molecule has 0 bridgehead atoms. The van der Waals surface area contributed by atoms with Crippen LogP contribution in [-0.4, -0.2) is 0 Å². The van der Waals surface area contributed by atoms with Crippen LogP contribution < -0.4 is 10.9 Å². The molecular weight excluding hydrogens is 238 g/mol. The van der Waals surface area contributed by atoms with Gasteiger partial charge in [-0.15, -0.1) is 17.3 Å². The molecule has 0 aliphatic carbocycles. The monoisotopic (exact) mass is 249 g/mol. The second-order valence-corrected chi connectivity index (χ2v) is 3.22. The third-order valence-electron chi connectivity index (χ3n) is 2.12.